The first-order valence-electron chi connectivity index (χ1n) is 9.21. The zero-order chi connectivity index (χ0) is 18.4. The lowest BCUT2D eigenvalue weighted by molar-refractivity contribution is 0.0938. The van der Waals surface area contributed by atoms with Crippen molar-refractivity contribution in [2.75, 3.05) is 13.1 Å². The number of amides is 1. The highest BCUT2D eigenvalue weighted by Gasteiger charge is 2.31. The standard InChI is InChI=1S/C18H30N2O3S2/c1-14(2)8-7-9-15(3)19-18(21)17-16(10-13-24-17)25(22,23)20-11-5-4-6-12-20/h10,13-15H,4-9,11-12H2,1-3H3,(H,19,21). The van der Waals surface area contributed by atoms with E-state index in [4.69, 9.17) is 0 Å². The Bertz CT molecular complexity index is 662. The average Bonchev–Trinajstić information content (AvgIpc) is 3.06. The molecule has 2 rings (SSSR count). The fraction of sp³-hybridized carbons (Fsp3) is 0.722. The van der Waals surface area contributed by atoms with E-state index in [0.29, 0.717) is 23.9 Å². The molecule has 0 spiro atoms. The van der Waals surface area contributed by atoms with E-state index < -0.39 is 10.0 Å². The van der Waals surface area contributed by atoms with Gasteiger partial charge in [-0.2, -0.15) is 4.31 Å². The summed E-state index contributed by atoms with van der Waals surface area (Å²) in [6.45, 7) is 7.44. The fourth-order valence-electron chi connectivity index (χ4n) is 3.10. The summed E-state index contributed by atoms with van der Waals surface area (Å²) in [5.41, 5.74) is 0. The number of rotatable bonds is 8. The van der Waals surface area contributed by atoms with Crippen molar-refractivity contribution >= 4 is 27.3 Å². The van der Waals surface area contributed by atoms with Gasteiger partial charge in [0.05, 0.1) is 0 Å². The molecule has 0 aromatic carbocycles. The maximum absolute atomic E-state index is 12.9. The highest BCUT2D eigenvalue weighted by molar-refractivity contribution is 7.89. The van der Waals surface area contributed by atoms with Crippen molar-refractivity contribution in [3.63, 3.8) is 0 Å². The van der Waals surface area contributed by atoms with Crippen molar-refractivity contribution in [1.29, 1.82) is 0 Å². The molecule has 1 saturated heterocycles. The normalized spacial score (nSPS) is 17.6. The molecule has 0 bridgehead atoms. The van der Waals surface area contributed by atoms with Gasteiger partial charge >= 0.3 is 0 Å². The average molecular weight is 387 g/mol. The molecule has 0 aliphatic carbocycles. The number of hydrogen-bond donors (Lipinski definition) is 1. The van der Waals surface area contributed by atoms with Crippen LogP contribution in [0.3, 0.4) is 0 Å². The van der Waals surface area contributed by atoms with E-state index in [1.54, 1.807) is 11.4 Å². The van der Waals surface area contributed by atoms with Crippen LogP contribution in [0.25, 0.3) is 0 Å². The second-order valence-electron chi connectivity index (χ2n) is 7.28. The molecule has 1 aliphatic heterocycles. The van der Waals surface area contributed by atoms with E-state index in [1.165, 1.54) is 15.6 Å². The zero-order valence-electron chi connectivity index (χ0n) is 15.5. The molecule has 1 atom stereocenters. The lowest BCUT2D eigenvalue weighted by atomic mass is 10.0. The minimum Gasteiger partial charge on any atom is -0.349 e. The molecular weight excluding hydrogens is 356 g/mol. The number of piperidine rings is 1. The Morgan fingerprint density at radius 3 is 2.52 bits per heavy atom. The molecule has 1 fully saturated rings. The van der Waals surface area contributed by atoms with Gasteiger partial charge < -0.3 is 5.32 Å². The third kappa shape index (κ3) is 5.53. The van der Waals surface area contributed by atoms with Crippen LogP contribution in [0, 0.1) is 5.92 Å². The predicted molar refractivity (Wildman–Crippen MR) is 103 cm³/mol. The van der Waals surface area contributed by atoms with Gasteiger partial charge in [-0.15, -0.1) is 11.3 Å². The molecule has 7 heteroatoms. The van der Waals surface area contributed by atoms with Crippen LogP contribution in [-0.4, -0.2) is 37.8 Å². The van der Waals surface area contributed by atoms with Gasteiger partial charge in [-0.25, -0.2) is 8.42 Å². The minimum atomic E-state index is -3.58. The highest BCUT2D eigenvalue weighted by Crippen LogP contribution is 2.27. The molecule has 142 valence electrons. The van der Waals surface area contributed by atoms with E-state index in [0.717, 1.165) is 38.5 Å². The molecule has 1 unspecified atom stereocenters. The van der Waals surface area contributed by atoms with Crippen molar-refractivity contribution in [2.45, 2.75) is 70.2 Å². The summed E-state index contributed by atoms with van der Waals surface area (Å²) in [6.07, 6.45) is 5.94. The molecule has 0 radical (unpaired) electrons. The Morgan fingerprint density at radius 1 is 1.20 bits per heavy atom. The number of sulfonamides is 1. The SMILES string of the molecule is CC(C)CCCC(C)NC(=O)c1sccc1S(=O)(=O)N1CCCCC1. The summed E-state index contributed by atoms with van der Waals surface area (Å²) < 4.78 is 27.2. The molecule has 1 N–H and O–H groups in total. The van der Waals surface area contributed by atoms with Gasteiger partial charge in [-0.05, 0) is 43.6 Å². The van der Waals surface area contributed by atoms with Crippen LogP contribution >= 0.6 is 11.3 Å². The first-order valence-corrected chi connectivity index (χ1v) is 11.5. The van der Waals surface area contributed by atoms with Crippen molar-refractivity contribution in [1.82, 2.24) is 9.62 Å². The topological polar surface area (TPSA) is 66.5 Å². The maximum Gasteiger partial charge on any atom is 0.262 e. The second kappa shape index (κ2) is 9.14. The number of thiophene rings is 1. The van der Waals surface area contributed by atoms with Crippen molar-refractivity contribution in [2.24, 2.45) is 5.92 Å². The van der Waals surface area contributed by atoms with Crippen LogP contribution in [0.1, 0.15) is 69.0 Å². The van der Waals surface area contributed by atoms with Crippen molar-refractivity contribution in [3.05, 3.63) is 16.3 Å². The molecule has 1 aromatic heterocycles. The van der Waals surface area contributed by atoms with E-state index in [1.807, 2.05) is 6.92 Å². The van der Waals surface area contributed by atoms with E-state index in [-0.39, 0.29) is 16.8 Å². The van der Waals surface area contributed by atoms with E-state index in [9.17, 15) is 13.2 Å². The van der Waals surface area contributed by atoms with Gasteiger partial charge in [-0.1, -0.05) is 33.1 Å². The molecule has 0 saturated carbocycles. The maximum atomic E-state index is 12.9. The summed E-state index contributed by atoms with van der Waals surface area (Å²) in [6, 6.07) is 1.60. The third-order valence-corrected chi connectivity index (χ3v) is 7.55. The lowest BCUT2D eigenvalue weighted by Crippen LogP contribution is -2.37. The molecular formula is C18H30N2O3S2. The highest BCUT2D eigenvalue weighted by atomic mass is 32.2. The summed E-state index contributed by atoms with van der Waals surface area (Å²) in [4.78, 5) is 13.0. The molecule has 25 heavy (non-hydrogen) atoms. The molecule has 5 nitrogen and oxygen atoms in total. The molecule has 2 heterocycles. The molecule has 1 amide bonds. The largest absolute Gasteiger partial charge is 0.349 e. The lowest BCUT2D eigenvalue weighted by Gasteiger charge is -2.26. The summed E-state index contributed by atoms with van der Waals surface area (Å²) in [5.74, 6) is 0.379. The Hall–Kier alpha value is -0.920. The quantitative estimate of drug-likeness (QED) is 0.737. The van der Waals surface area contributed by atoms with Crippen LogP contribution in [0.4, 0.5) is 0 Å². The number of nitrogens with zero attached hydrogens (tertiary/aromatic N) is 1. The minimum absolute atomic E-state index is 0.0406. The first-order chi connectivity index (χ1) is 11.8. The first kappa shape index (κ1) is 20.4. The number of nitrogens with one attached hydrogen (secondary N) is 1. The Kier molecular flexibility index (Phi) is 7.46. The molecule has 1 aliphatic rings. The summed E-state index contributed by atoms with van der Waals surface area (Å²) in [5, 5.41) is 4.65. The fourth-order valence-corrected chi connectivity index (χ4v) is 5.93. The smallest absolute Gasteiger partial charge is 0.262 e. The van der Waals surface area contributed by atoms with Crippen LogP contribution < -0.4 is 5.32 Å². The predicted octanol–water partition coefficient (Wildman–Crippen LogP) is 3.87. The number of carbonyl (C=O) groups is 1. The van der Waals surface area contributed by atoms with Crippen LogP contribution in [0.2, 0.25) is 0 Å². The van der Waals surface area contributed by atoms with Gasteiger partial charge in [-0.3, -0.25) is 4.79 Å². The van der Waals surface area contributed by atoms with Crippen LogP contribution in [0.5, 0.6) is 0 Å². The van der Waals surface area contributed by atoms with Gasteiger partial charge in [0.15, 0.2) is 0 Å². The van der Waals surface area contributed by atoms with Gasteiger partial charge in [0.2, 0.25) is 10.0 Å². The van der Waals surface area contributed by atoms with E-state index >= 15 is 0 Å². The van der Waals surface area contributed by atoms with Crippen molar-refractivity contribution in [3.8, 4) is 0 Å². The number of carbonyl (C=O) groups excluding carboxylic acids is 1. The third-order valence-electron chi connectivity index (χ3n) is 4.56. The van der Waals surface area contributed by atoms with Crippen LogP contribution in [0.15, 0.2) is 16.3 Å². The monoisotopic (exact) mass is 386 g/mol. The van der Waals surface area contributed by atoms with Gasteiger partial charge in [0, 0.05) is 19.1 Å². The van der Waals surface area contributed by atoms with Gasteiger partial charge in [0.25, 0.3) is 5.91 Å². The zero-order valence-corrected chi connectivity index (χ0v) is 17.1. The Morgan fingerprint density at radius 2 is 1.88 bits per heavy atom. The Balaban J connectivity index is 2.03. The summed E-state index contributed by atoms with van der Waals surface area (Å²) >= 11 is 1.20. The molecule has 1 aromatic rings. The number of hydrogen-bond acceptors (Lipinski definition) is 4. The van der Waals surface area contributed by atoms with Crippen LogP contribution in [-0.2, 0) is 10.0 Å². The van der Waals surface area contributed by atoms with Gasteiger partial charge in [0.1, 0.15) is 9.77 Å². The Labute approximate surface area is 155 Å². The summed E-state index contributed by atoms with van der Waals surface area (Å²) in [7, 11) is -3.58. The second-order valence-corrected chi connectivity index (χ2v) is 10.1. The van der Waals surface area contributed by atoms with Crippen molar-refractivity contribution < 1.29 is 13.2 Å². The van der Waals surface area contributed by atoms with E-state index in [2.05, 4.69) is 19.2 Å².